The molecule has 8 heteroatoms. The molecule has 158 valence electrons. The summed E-state index contributed by atoms with van der Waals surface area (Å²) in [5.74, 6) is -0.216. The van der Waals surface area contributed by atoms with Gasteiger partial charge < -0.3 is 4.74 Å². The third-order valence-electron chi connectivity index (χ3n) is 5.26. The Bertz CT molecular complexity index is 1140. The number of likely N-dealkylation sites (N-methyl/N-ethyl adjacent to an activating group) is 1. The summed E-state index contributed by atoms with van der Waals surface area (Å²) in [4.78, 5) is 13.6. The number of nitrogens with one attached hydrogen (secondary N) is 1. The Balaban J connectivity index is 1.56. The van der Waals surface area contributed by atoms with E-state index in [4.69, 9.17) is 4.74 Å². The molecule has 2 aromatic carbocycles. The van der Waals surface area contributed by atoms with Crippen molar-refractivity contribution in [1.29, 1.82) is 0 Å². The number of carbonyl (C=O) groups excluding carboxylic acids is 1. The Morgan fingerprint density at radius 2 is 1.93 bits per heavy atom. The third-order valence-corrected chi connectivity index (χ3v) is 5.86. The molecule has 1 atom stereocenters. The van der Waals surface area contributed by atoms with Crippen molar-refractivity contribution in [2.24, 2.45) is 0 Å². The number of fused-ring (bicyclic) bond motifs is 4. The summed E-state index contributed by atoms with van der Waals surface area (Å²) in [6.07, 6.45) is 2.05. The maximum absolute atomic E-state index is 14.0. The van der Waals surface area contributed by atoms with E-state index in [1.54, 1.807) is 18.0 Å². The standard InChI is InChI=1S/C22H23FN2O4S/c1-25(13-21(26)24-30(2,27)28)12-17-11-20-18-6-4-3-5-14(18)9-15-7-8-16(23)10-19(15)22(20)29-17/h3-8,10,17H,9,11-13H2,1-2H3,(H,24,26)/t17-/m1/s1. The van der Waals surface area contributed by atoms with Crippen LogP contribution in [0.3, 0.4) is 0 Å². The highest BCUT2D eigenvalue weighted by molar-refractivity contribution is 7.89. The van der Waals surface area contributed by atoms with Gasteiger partial charge in [-0.2, -0.15) is 0 Å². The van der Waals surface area contributed by atoms with Gasteiger partial charge in [-0.15, -0.1) is 0 Å². The van der Waals surface area contributed by atoms with Crippen LogP contribution in [0, 0.1) is 5.82 Å². The minimum Gasteiger partial charge on any atom is -0.488 e. The number of amides is 1. The maximum Gasteiger partial charge on any atom is 0.247 e. The van der Waals surface area contributed by atoms with Crippen LogP contribution in [0.1, 0.15) is 28.7 Å². The van der Waals surface area contributed by atoms with Gasteiger partial charge in [0.25, 0.3) is 0 Å². The van der Waals surface area contributed by atoms with E-state index in [0.717, 1.165) is 28.5 Å². The predicted octanol–water partition coefficient (Wildman–Crippen LogP) is 2.39. The normalized spacial score (nSPS) is 17.7. The Hall–Kier alpha value is -2.71. The van der Waals surface area contributed by atoms with Crippen molar-refractivity contribution in [2.75, 3.05) is 26.4 Å². The molecule has 0 spiro atoms. The molecule has 2 aromatic rings. The highest BCUT2D eigenvalue weighted by Crippen LogP contribution is 2.44. The highest BCUT2D eigenvalue weighted by atomic mass is 32.2. The van der Waals surface area contributed by atoms with Crippen LogP contribution in [0.2, 0.25) is 0 Å². The number of carbonyl (C=O) groups is 1. The Kier molecular flexibility index (Phi) is 5.38. The van der Waals surface area contributed by atoms with Gasteiger partial charge in [0, 0.05) is 24.1 Å². The van der Waals surface area contributed by atoms with Gasteiger partial charge in [0.1, 0.15) is 17.7 Å². The largest absolute Gasteiger partial charge is 0.488 e. The SMILES string of the molecule is CN(CC(=O)NS(C)(=O)=O)C[C@H]1CC2=C(O1)c1cc(F)ccc1Cc1ccccc12. The highest BCUT2D eigenvalue weighted by Gasteiger charge is 2.33. The quantitative estimate of drug-likeness (QED) is 0.789. The molecule has 0 saturated heterocycles. The van der Waals surface area contributed by atoms with Crippen LogP contribution in [0.15, 0.2) is 42.5 Å². The first-order valence-electron chi connectivity index (χ1n) is 9.65. The molecular formula is C22H23FN2O4S. The van der Waals surface area contributed by atoms with E-state index in [9.17, 15) is 17.6 Å². The topological polar surface area (TPSA) is 75.7 Å². The zero-order valence-electron chi connectivity index (χ0n) is 16.8. The van der Waals surface area contributed by atoms with Crippen LogP contribution >= 0.6 is 0 Å². The fraction of sp³-hybridized carbons (Fsp3) is 0.318. The zero-order valence-corrected chi connectivity index (χ0v) is 17.6. The molecule has 30 heavy (non-hydrogen) atoms. The van der Waals surface area contributed by atoms with Crippen molar-refractivity contribution in [3.63, 3.8) is 0 Å². The predicted molar refractivity (Wildman–Crippen MR) is 112 cm³/mol. The monoisotopic (exact) mass is 430 g/mol. The number of rotatable bonds is 5. The van der Waals surface area contributed by atoms with Crippen molar-refractivity contribution >= 4 is 27.3 Å². The average molecular weight is 431 g/mol. The molecule has 0 radical (unpaired) electrons. The first-order valence-corrected chi connectivity index (χ1v) is 11.5. The van der Waals surface area contributed by atoms with E-state index in [1.165, 1.54) is 17.7 Å². The second-order valence-corrected chi connectivity index (χ2v) is 9.63. The molecular weight excluding hydrogens is 407 g/mol. The minimum absolute atomic E-state index is 0.0700. The fourth-order valence-electron chi connectivity index (χ4n) is 4.14. The number of nitrogens with zero attached hydrogens (tertiary/aromatic N) is 1. The number of halogens is 1. The Labute approximate surface area is 175 Å². The Morgan fingerprint density at radius 3 is 2.70 bits per heavy atom. The second kappa shape index (κ2) is 7.85. The van der Waals surface area contributed by atoms with Gasteiger partial charge in [0.15, 0.2) is 0 Å². The van der Waals surface area contributed by atoms with Crippen LogP contribution in [0.25, 0.3) is 11.3 Å². The number of benzene rings is 2. The first-order chi connectivity index (χ1) is 14.2. The summed E-state index contributed by atoms with van der Waals surface area (Å²) < 4.78 is 44.7. The summed E-state index contributed by atoms with van der Waals surface area (Å²) in [5, 5.41) is 0. The van der Waals surface area contributed by atoms with Gasteiger partial charge in [-0.05, 0) is 42.3 Å². The van der Waals surface area contributed by atoms with E-state index < -0.39 is 15.9 Å². The van der Waals surface area contributed by atoms with Crippen LogP contribution in [0.4, 0.5) is 4.39 Å². The molecule has 0 unspecified atom stereocenters. The van der Waals surface area contributed by atoms with E-state index >= 15 is 0 Å². The van der Waals surface area contributed by atoms with Gasteiger partial charge in [0.05, 0.1) is 12.8 Å². The van der Waals surface area contributed by atoms with E-state index in [1.807, 2.05) is 16.9 Å². The molecule has 1 N–H and O–H groups in total. The summed E-state index contributed by atoms with van der Waals surface area (Å²) in [6, 6.07) is 12.9. The lowest BCUT2D eigenvalue weighted by Crippen LogP contribution is -2.40. The van der Waals surface area contributed by atoms with Crippen LogP contribution in [0.5, 0.6) is 0 Å². The number of sulfonamides is 1. The fourth-order valence-corrected chi connectivity index (χ4v) is 4.62. The molecule has 0 fully saturated rings. The summed E-state index contributed by atoms with van der Waals surface area (Å²) in [7, 11) is -1.86. The van der Waals surface area contributed by atoms with Gasteiger partial charge in [0.2, 0.25) is 15.9 Å². The minimum atomic E-state index is -3.59. The number of hydrogen-bond acceptors (Lipinski definition) is 5. The summed E-state index contributed by atoms with van der Waals surface area (Å²) >= 11 is 0. The van der Waals surface area contributed by atoms with Gasteiger partial charge >= 0.3 is 0 Å². The lowest BCUT2D eigenvalue weighted by Gasteiger charge is -2.21. The molecule has 1 amide bonds. The zero-order chi connectivity index (χ0) is 21.5. The first kappa shape index (κ1) is 20.6. The lowest BCUT2D eigenvalue weighted by molar-refractivity contribution is -0.120. The van der Waals surface area contributed by atoms with Crippen molar-refractivity contribution in [3.8, 4) is 0 Å². The summed E-state index contributed by atoms with van der Waals surface area (Å²) in [6.45, 7) is 0.358. The molecule has 1 aliphatic heterocycles. The number of hydrogen-bond donors (Lipinski definition) is 1. The lowest BCUT2D eigenvalue weighted by atomic mass is 9.95. The number of ether oxygens (including phenoxy) is 1. The maximum atomic E-state index is 14.0. The second-order valence-electron chi connectivity index (χ2n) is 7.88. The average Bonchev–Trinajstić information content (AvgIpc) is 3.00. The van der Waals surface area contributed by atoms with Crippen molar-refractivity contribution in [2.45, 2.75) is 18.9 Å². The third kappa shape index (κ3) is 4.39. The van der Waals surface area contributed by atoms with E-state index in [-0.39, 0.29) is 18.5 Å². The molecule has 1 heterocycles. The molecule has 6 nitrogen and oxygen atoms in total. The molecule has 4 rings (SSSR count). The van der Waals surface area contributed by atoms with Crippen LogP contribution in [-0.2, 0) is 26.0 Å². The van der Waals surface area contributed by atoms with Crippen molar-refractivity contribution < 1.29 is 22.3 Å². The summed E-state index contributed by atoms with van der Waals surface area (Å²) in [5.41, 5.74) is 5.08. The van der Waals surface area contributed by atoms with Gasteiger partial charge in [-0.3, -0.25) is 14.4 Å². The Morgan fingerprint density at radius 1 is 1.20 bits per heavy atom. The molecule has 0 aromatic heterocycles. The van der Waals surface area contributed by atoms with Crippen LogP contribution in [-0.4, -0.2) is 51.7 Å². The van der Waals surface area contributed by atoms with Crippen molar-refractivity contribution in [1.82, 2.24) is 9.62 Å². The van der Waals surface area contributed by atoms with E-state index in [2.05, 4.69) is 12.1 Å². The molecule has 1 aliphatic carbocycles. The van der Waals surface area contributed by atoms with E-state index in [0.29, 0.717) is 25.1 Å². The van der Waals surface area contributed by atoms with Crippen molar-refractivity contribution in [3.05, 3.63) is 70.5 Å². The smallest absolute Gasteiger partial charge is 0.247 e. The van der Waals surface area contributed by atoms with Gasteiger partial charge in [-0.25, -0.2) is 12.8 Å². The van der Waals surface area contributed by atoms with Crippen LogP contribution < -0.4 is 4.72 Å². The molecule has 2 aliphatic rings. The molecule has 0 bridgehead atoms. The van der Waals surface area contributed by atoms with Gasteiger partial charge in [-0.1, -0.05) is 30.3 Å². The molecule has 0 saturated carbocycles.